The van der Waals surface area contributed by atoms with Gasteiger partial charge in [0.05, 0.1) is 5.41 Å². The average Bonchev–Trinajstić information content (AvgIpc) is 3.16. The molecule has 5 nitrogen and oxygen atoms in total. The third kappa shape index (κ3) is 4.44. The van der Waals surface area contributed by atoms with Crippen LogP contribution in [-0.2, 0) is 10.8 Å². The second-order valence-electron chi connectivity index (χ2n) is 10.5. The molecule has 0 saturated heterocycles. The first-order valence-electron chi connectivity index (χ1n) is 12.3. The number of benzene rings is 2. The molecule has 2 heterocycles. The molecule has 0 amide bonds. The molecule has 2 aliphatic heterocycles. The van der Waals surface area contributed by atoms with Crippen LogP contribution in [0.2, 0.25) is 0 Å². The van der Waals surface area contributed by atoms with Gasteiger partial charge in [-0.25, -0.2) is 0 Å². The predicted molar refractivity (Wildman–Crippen MR) is 147 cm³/mol. The molecule has 2 aliphatic rings. The van der Waals surface area contributed by atoms with E-state index in [9.17, 15) is 0 Å². The molecule has 0 aliphatic carbocycles. The summed E-state index contributed by atoms with van der Waals surface area (Å²) in [5.41, 5.74) is 17.6. The fourth-order valence-corrected chi connectivity index (χ4v) is 5.60. The summed E-state index contributed by atoms with van der Waals surface area (Å²) in [6.45, 7) is 9.65. The van der Waals surface area contributed by atoms with Gasteiger partial charge < -0.3 is 4.90 Å². The van der Waals surface area contributed by atoms with Gasteiger partial charge in [0.2, 0.25) is 5.69 Å². The van der Waals surface area contributed by atoms with Gasteiger partial charge in [0.1, 0.15) is 7.05 Å². The molecule has 0 unspecified atom stereocenters. The number of azide groups is 1. The van der Waals surface area contributed by atoms with Crippen LogP contribution in [0.25, 0.3) is 10.4 Å². The van der Waals surface area contributed by atoms with Crippen molar-refractivity contribution in [3.05, 3.63) is 106 Å². The SMILES string of the molecule is CN1/C(=C/C=C(/C=C/C2=[N+](C)c3ccccc3C2(C)C)CCCN=[N+]=[N-])C(C)(C)c2ccccc21. The molecule has 0 atom stereocenters. The van der Waals surface area contributed by atoms with Crippen molar-refractivity contribution >= 4 is 17.1 Å². The standard InChI is InChI=1S/C30H36N5/c1-29(2)23-13-7-9-15-25(23)34(5)27(29)19-17-22(12-11-21-32-33-31)18-20-28-30(3,4)24-14-8-10-16-26(24)35(28)6/h7-10,13-20H,11-12,21H2,1-6H3/q+1. The quantitative estimate of drug-likeness (QED) is 0.104. The van der Waals surface area contributed by atoms with Gasteiger partial charge >= 0.3 is 0 Å². The third-order valence-corrected chi connectivity index (χ3v) is 7.58. The Kier molecular flexibility index (Phi) is 6.73. The van der Waals surface area contributed by atoms with Gasteiger partial charge in [-0.15, -0.1) is 0 Å². The topological polar surface area (TPSA) is 55.0 Å². The van der Waals surface area contributed by atoms with E-state index in [2.05, 4.69) is 134 Å². The first-order chi connectivity index (χ1) is 16.7. The molecule has 5 heteroatoms. The van der Waals surface area contributed by atoms with Gasteiger partial charge in [-0.1, -0.05) is 67.5 Å². The number of para-hydroxylation sites is 2. The highest BCUT2D eigenvalue weighted by molar-refractivity contribution is 6.03. The normalized spacial score (nSPS) is 19.3. The fourth-order valence-electron chi connectivity index (χ4n) is 5.60. The monoisotopic (exact) mass is 466 g/mol. The number of rotatable bonds is 7. The third-order valence-electron chi connectivity index (χ3n) is 7.58. The Morgan fingerprint density at radius 3 is 2.40 bits per heavy atom. The Balaban J connectivity index is 1.68. The van der Waals surface area contributed by atoms with E-state index >= 15 is 0 Å². The molecule has 4 rings (SSSR count). The Labute approximate surface area is 209 Å². The lowest BCUT2D eigenvalue weighted by Gasteiger charge is -2.23. The van der Waals surface area contributed by atoms with Gasteiger partial charge in [-0.05, 0) is 55.5 Å². The predicted octanol–water partition coefficient (Wildman–Crippen LogP) is 7.58. The average molecular weight is 467 g/mol. The number of nitrogens with zero attached hydrogens (tertiary/aromatic N) is 5. The lowest BCUT2D eigenvalue weighted by molar-refractivity contribution is -0.401. The molecule has 2 aromatic carbocycles. The second-order valence-corrected chi connectivity index (χ2v) is 10.5. The largest absolute Gasteiger partial charge is 0.347 e. The summed E-state index contributed by atoms with van der Waals surface area (Å²) in [7, 11) is 4.29. The van der Waals surface area contributed by atoms with Crippen LogP contribution < -0.4 is 4.90 Å². The van der Waals surface area contributed by atoms with Crippen molar-refractivity contribution in [1.29, 1.82) is 0 Å². The first kappa shape index (κ1) is 24.6. The van der Waals surface area contributed by atoms with Crippen molar-refractivity contribution in [3.8, 4) is 0 Å². The van der Waals surface area contributed by atoms with E-state index in [1.54, 1.807) is 0 Å². The smallest absolute Gasteiger partial charge is 0.209 e. The van der Waals surface area contributed by atoms with Crippen molar-refractivity contribution in [2.24, 2.45) is 5.11 Å². The Morgan fingerprint density at radius 1 is 1.03 bits per heavy atom. The molecule has 0 saturated carbocycles. The number of allylic oxidation sites excluding steroid dienone is 6. The van der Waals surface area contributed by atoms with Gasteiger partial charge in [0, 0.05) is 53.0 Å². The van der Waals surface area contributed by atoms with Gasteiger partial charge in [-0.3, -0.25) is 0 Å². The van der Waals surface area contributed by atoms with Crippen molar-refractivity contribution < 1.29 is 4.58 Å². The molecule has 180 valence electrons. The van der Waals surface area contributed by atoms with Crippen LogP contribution in [0, 0.1) is 0 Å². The van der Waals surface area contributed by atoms with Crippen molar-refractivity contribution in [3.63, 3.8) is 0 Å². The van der Waals surface area contributed by atoms with Gasteiger partial charge in [-0.2, -0.15) is 4.58 Å². The number of anilines is 1. The van der Waals surface area contributed by atoms with Crippen LogP contribution in [0.5, 0.6) is 0 Å². The van der Waals surface area contributed by atoms with E-state index in [1.165, 1.54) is 39.5 Å². The van der Waals surface area contributed by atoms with E-state index in [4.69, 9.17) is 5.53 Å². The van der Waals surface area contributed by atoms with Crippen molar-refractivity contribution in [2.75, 3.05) is 25.5 Å². The molecule has 2 aromatic rings. The summed E-state index contributed by atoms with van der Waals surface area (Å²) >= 11 is 0. The van der Waals surface area contributed by atoms with Crippen LogP contribution in [0.3, 0.4) is 0 Å². The lowest BCUT2D eigenvalue weighted by Crippen LogP contribution is -2.26. The molecular weight excluding hydrogens is 430 g/mol. The van der Waals surface area contributed by atoms with Crippen LogP contribution in [-0.4, -0.2) is 30.9 Å². The number of likely N-dealkylation sites (N-methyl/N-ethyl adjacent to an activating group) is 1. The zero-order valence-corrected chi connectivity index (χ0v) is 21.8. The summed E-state index contributed by atoms with van der Waals surface area (Å²) in [6, 6.07) is 17.3. The summed E-state index contributed by atoms with van der Waals surface area (Å²) in [6.07, 6.45) is 10.7. The van der Waals surface area contributed by atoms with Crippen LogP contribution in [0.15, 0.2) is 89.2 Å². The minimum Gasteiger partial charge on any atom is -0.347 e. The summed E-state index contributed by atoms with van der Waals surface area (Å²) < 4.78 is 2.30. The highest BCUT2D eigenvalue weighted by atomic mass is 15.2. The Morgan fingerprint density at radius 2 is 1.71 bits per heavy atom. The van der Waals surface area contributed by atoms with E-state index < -0.39 is 0 Å². The maximum absolute atomic E-state index is 8.68. The fraction of sp³-hybridized carbons (Fsp3) is 0.367. The highest BCUT2D eigenvalue weighted by Gasteiger charge is 2.42. The van der Waals surface area contributed by atoms with Gasteiger partial charge in [0.25, 0.3) is 0 Å². The van der Waals surface area contributed by atoms with Crippen molar-refractivity contribution in [1.82, 2.24) is 0 Å². The molecular formula is C30H36N5+. The van der Waals surface area contributed by atoms with Crippen molar-refractivity contribution in [2.45, 2.75) is 51.4 Å². The molecule has 0 N–H and O–H groups in total. The van der Waals surface area contributed by atoms with E-state index in [0.29, 0.717) is 6.54 Å². The molecule has 0 radical (unpaired) electrons. The minimum absolute atomic E-state index is 0.0637. The number of hydrogen-bond acceptors (Lipinski definition) is 2. The van der Waals surface area contributed by atoms with E-state index in [-0.39, 0.29) is 10.8 Å². The zero-order chi connectivity index (χ0) is 25.2. The molecule has 0 spiro atoms. The summed E-state index contributed by atoms with van der Waals surface area (Å²) in [4.78, 5) is 5.21. The Hall–Kier alpha value is -3.56. The maximum Gasteiger partial charge on any atom is 0.209 e. The maximum atomic E-state index is 8.68. The molecule has 0 aromatic heterocycles. The van der Waals surface area contributed by atoms with Crippen LogP contribution in [0.4, 0.5) is 11.4 Å². The van der Waals surface area contributed by atoms with Crippen LogP contribution in [0.1, 0.15) is 51.7 Å². The zero-order valence-electron chi connectivity index (χ0n) is 21.8. The number of hydrogen-bond donors (Lipinski definition) is 0. The van der Waals surface area contributed by atoms with E-state index in [0.717, 1.165) is 12.8 Å². The second kappa shape index (κ2) is 9.59. The minimum atomic E-state index is -0.0637. The molecule has 0 bridgehead atoms. The molecule has 0 fully saturated rings. The van der Waals surface area contributed by atoms with Crippen LogP contribution >= 0.6 is 0 Å². The summed E-state index contributed by atoms with van der Waals surface area (Å²) in [5.74, 6) is 0. The number of fused-ring (bicyclic) bond motifs is 2. The first-order valence-corrected chi connectivity index (χ1v) is 12.3. The van der Waals surface area contributed by atoms with E-state index in [1.807, 2.05) is 0 Å². The summed E-state index contributed by atoms with van der Waals surface area (Å²) in [5, 5.41) is 3.74. The highest BCUT2D eigenvalue weighted by Crippen LogP contribution is 2.46. The molecule has 35 heavy (non-hydrogen) atoms. The van der Waals surface area contributed by atoms with Gasteiger partial charge in [0.15, 0.2) is 5.71 Å². The lowest BCUT2D eigenvalue weighted by atomic mass is 9.81. The Bertz CT molecular complexity index is 1300.